The SMILES string of the molecule is C=C1c2cc(NCC)c(CC)cc2C(C)(C)c2[nH]c3cc(Br)ccc3c21. The van der Waals surface area contributed by atoms with Gasteiger partial charge < -0.3 is 10.3 Å². The predicted octanol–water partition coefficient (Wildman–Crippen LogP) is 6.63. The average Bonchev–Trinajstić information content (AvgIpc) is 2.99. The number of aromatic nitrogens is 1. The molecule has 3 heteroatoms. The molecule has 0 saturated carbocycles. The molecule has 1 aliphatic carbocycles. The molecule has 0 atom stereocenters. The zero-order valence-electron chi connectivity index (χ0n) is 15.9. The lowest BCUT2D eigenvalue weighted by molar-refractivity contribution is 0.612. The molecule has 3 aromatic rings. The lowest BCUT2D eigenvalue weighted by Gasteiger charge is -2.35. The lowest BCUT2D eigenvalue weighted by Crippen LogP contribution is -2.27. The molecule has 1 heterocycles. The van der Waals surface area contributed by atoms with Gasteiger partial charge in [-0.15, -0.1) is 0 Å². The minimum Gasteiger partial charge on any atom is -0.385 e. The molecule has 0 spiro atoms. The fourth-order valence-electron chi connectivity index (χ4n) is 4.28. The summed E-state index contributed by atoms with van der Waals surface area (Å²) in [4.78, 5) is 3.69. The van der Waals surface area contributed by atoms with Gasteiger partial charge in [-0.05, 0) is 53.8 Å². The topological polar surface area (TPSA) is 27.8 Å². The number of hydrogen-bond acceptors (Lipinski definition) is 1. The second-order valence-corrected chi connectivity index (χ2v) is 8.52. The van der Waals surface area contributed by atoms with Gasteiger partial charge in [0.1, 0.15) is 0 Å². The van der Waals surface area contributed by atoms with E-state index in [0.717, 1.165) is 28.5 Å². The van der Waals surface area contributed by atoms with Gasteiger partial charge in [0.15, 0.2) is 0 Å². The second-order valence-electron chi connectivity index (χ2n) is 7.61. The number of rotatable bonds is 3. The van der Waals surface area contributed by atoms with Gasteiger partial charge >= 0.3 is 0 Å². The lowest BCUT2D eigenvalue weighted by atomic mass is 9.69. The Morgan fingerprint density at radius 1 is 1.15 bits per heavy atom. The Hall–Kier alpha value is -2.00. The normalized spacial score (nSPS) is 15.0. The Kier molecular flexibility index (Phi) is 4.03. The van der Waals surface area contributed by atoms with E-state index in [1.807, 2.05) is 0 Å². The first kappa shape index (κ1) is 17.4. The van der Waals surface area contributed by atoms with Crippen molar-refractivity contribution in [1.82, 2.24) is 4.98 Å². The summed E-state index contributed by atoms with van der Waals surface area (Å²) < 4.78 is 1.09. The molecule has 0 saturated heterocycles. The number of H-pyrrole nitrogens is 1. The van der Waals surface area contributed by atoms with E-state index >= 15 is 0 Å². The first-order valence-electron chi connectivity index (χ1n) is 9.31. The fourth-order valence-corrected chi connectivity index (χ4v) is 4.64. The Balaban J connectivity index is 2.03. The number of fused-ring (bicyclic) bond motifs is 4. The molecular formula is C23H25BrN2. The number of nitrogens with one attached hydrogen (secondary N) is 2. The molecule has 4 rings (SSSR count). The van der Waals surface area contributed by atoms with Crippen molar-refractivity contribution in [3.05, 3.63) is 69.3 Å². The van der Waals surface area contributed by atoms with Gasteiger partial charge in [-0.2, -0.15) is 0 Å². The van der Waals surface area contributed by atoms with Crippen LogP contribution in [0.4, 0.5) is 5.69 Å². The zero-order valence-corrected chi connectivity index (χ0v) is 17.5. The molecule has 1 aliphatic rings. The average molecular weight is 409 g/mol. The quantitative estimate of drug-likeness (QED) is 0.500. The van der Waals surface area contributed by atoms with E-state index in [2.05, 4.69) is 90.8 Å². The minimum atomic E-state index is -0.0913. The van der Waals surface area contributed by atoms with E-state index in [0.29, 0.717) is 0 Å². The summed E-state index contributed by atoms with van der Waals surface area (Å²) >= 11 is 3.59. The summed E-state index contributed by atoms with van der Waals surface area (Å²) in [5.41, 5.74) is 9.94. The van der Waals surface area contributed by atoms with Gasteiger partial charge in [-0.1, -0.05) is 55.4 Å². The third-order valence-corrected chi connectivity index (χ3v) is 6.17. The van der Waals surface area contributed by atoms with Crippen molar-refractivity contribution in [1.29, 1.82) is 0 Å². The van der Waals surface area contributed by atoms with E-state index in [-0.39, 0.29) is 5.41 Å². The number of halogens is 1. The largest absolute Gasteiger partial charge is 0.385 e. The third-order valence-electron chi connectivity index (χ3n) is 5.68. The number of aromatic amines is 1. The molecule has 134 valence electrons. The van der Waals surface area contributed by atoms with Crippen LogP contribution in [-0.4, -0.2) is 11.5 Å². The third kappa shape index (κ3) is 2.37. The number of hydrogen-bond donors (Lipinski definition) is 2. The second kappa shape index (κ2) is 6.02. The molecule has 26 heavy (non-hydrogen) atoms. The van der Waals surface area contributed by atoms with E-state index in [4.69, 9.17) is 0 Å². The van der Waals surface area contributed by atoms with Crippen molar-refractivity contribution in [2.75, 3.05) is 11.9 Å². The van der Waals surface area contributed by atoms with Crippen molar-refractivity contribution < 1.29 is 0 Å². The minimum absolute atomic E-state index is 0.0913. The first-order chi connectivity index (χ1) is 12.4. The summed E-state index contributed by atoms with van der Waals surface area (Å²) in [7, 11) is 0. The first-order valence-corrected chi connectivity index (χ1v) is 10.1. The molecule has 0 radical (unpaired) electrons. The summed E-state index contributed by atoms with van der Waals surface area (Å²) in [6.45, 7) is 14.4. The van der Waals surface area contributed by atoms with E-state index in [1.165, 1.54) is 39.0 Å². The zero-order chi connectivity index (χ0) is 18.6. The summed E-state index contributed by atoms with van der Waals surface area (Å²) in [5, 5.41) is 4.78. The molecule has 0 bridgehead atoms. The number of anilines is 1. The van der Waals surface area contributed by atoms with Gasteiger partial charge in [-0.3, -0.25) is 0 Å². The standard InChI is InChI=1S/C23H25BrN2/c1-6-14-10-18-17(12-19(14)25-7-2)13(3)21-16-9-8-15(24)11-20(16)26-22(21)23(18,4)5/h8-12,25-26H,3,6-7H2,1-2,4-5H3. The van der Waals surface area contributed by atoms with Gasteiger partial charge in [0.25, 0.3) is 0 Å². The monoisotopic (exact) mass is 408 g/mol. The van der Waals surface area contributed by atoms with Crippen LogP contribution in [0.2, 0.25) is 0 Å². The molecule has 2 aromatic carbocycles. The van der Waals surface area contributed by atoms with Gasteiger partial charge in [0, 0.05) is 44.3 Å². The molecule has 0 fully saturated rings. The Labute approximate surface area is 163 Å². The summed E-state index contributed by atoms with van der Waals surface area (Å²) in [6, 6.07) is 11.1. The van der Waals surface area contributed by atoms with Crippen molar-refractivity contribution in [2.24, 2.45) is 0 Å². The van der Waals surface area contributed by atoms with Crippen LogP contribution in [-0.2, 0) is 11.8 Å². The maximum Gasteiger partial charge on any atom is 0.0474 e. The molecule has 0 amide bonds. The maximum absolute atomic E-state index is 4.50. The predicted molar refractivity (Wildman–Crippen MR) is 116 cm³/mol. The van der Waals surface area contributed by atoms with Crippen LogP contribution < -0.4 is 5.32 Å². The van der Waals surface area contributed by atoms with Crippen LogP contribution in [0.3, 0.4) is 0 Å². The van der Waals surface area contributed by atoms with Crippen molar-refractivity contribution in [2.45, 2.75) is 39.5 Å². The Bertz CT molecular complexity index is 1040. The molecule has 2 nitrogen and oxygen atoms in total. The van der Waals surface area contributed by atoms with Crippen molar-refractivity contribution >= 4 is 38.1 Å². The highest BCUT2D eigenvalue weighted by molar-refractivity contribution is 9.10. The van der Waals surface area contributed by atoms with Crippen molar-refractivity contribution in [3.63, 3.8) is 0 Å². The number of aryl methyl sites for hydroxylation is 1. The van der Waals surface area contributed by atoms with Gasteiger partial charge in [0.05, 0.1) is 0 Å². The van der Waals surface area contributed by atoms with Crippen LogP contribution in [0.25, 0.3) is 16.5 Å². The highest BCUT2D eigenvalue weighted by Gasteiger charge is 2.37. The Morgan fingerprint density at radius 2 is 1.92 bits per heavy atom. The smallest absolute Gasteiger partial charge is 0.0474 e. The summed E-state index contributed by atoms with van der Waals surface area (Å²) in [6.07, 6.45) is 1.02. The molecule has 2 N–H and O–H groups in total. The van der Waals surface area contributed by atoms with Gasteiger partial charge in [-0.25, -0.2) is 0 Å². The molecule has 0 unspecified atom stereocenters. The van der Waals surface area contributed by atoms with E-state index < -0.39 is 0 Å². The van der Waals surface area contributed by atoms with Gasteiger partial charge in [0.2, 0.25) is 0 Å². The molecular weight excluding hydrogens is 384 g/mol. The van der Waals surface area contributed by atoms with E-state index in [1.54, 1.807) is 0 Å². The van der Waals surface area contributed by atoms with Crippen LogP contribution in [0.15, 0.2) is 41.4 Å². The Morgan fingerprint density at radius 3 is 2.62 bits per heavy atom. The maximum atomic E-state index is 4.50. The highest BCUT2D eigenvalue weighted by Crippen LogP contribution is 2.49. The van der Waals surface area contributed by atoms with Crippen LogP contribution in [0.1, 0.15) is 55.6 Å². The highest BCUT2D eigenvalue weighted by atomic mass is 79.9. The van der Waals surface area contributed by atoms with Crippen molar-refractivity contribution in [3.8, 4) is 0 Å². The number of benzene rings is 2. The summed E-state index contributed by atoms with van der Waals surface area (Å²) in [5.74, 6) is 0. The van der Waals surface area contributed by atoms with E-state index in [9.17, 15) is 0 Å². The van der Waals surface area contributed by atoms with Crippen LogP contribution >= 0.6 is 15.9 Å². The fraction of sp³-hybridized carbons (Fsp3) is 0.304. The molecule has 1 aromatic heterocycles. The van der Waals surface area contributed by atoms with Crippen LogP contribution in [0.5, 0.6) is 0 Å². The molecule has 0 aliphatic heterocycles. The van der Waals surface area contributed by atoms with Crippen LogP contribution in [0, 0.1) is 0 Å².